The molecule has 1 amide bonds. The maximum absolute atomic E-state index is 13.0. The van der Waals surface area contributed by atoms with Crippen LogP contribution >= 0.6 is 0 Å². The molecule has 0 saturated heterocycles. The fourth-order valence-electron chi connectivity index (χ4n) is 3.26. The fraction of sp³-hybridized carbons (Fsp3) is 0.250. The quantitative estimate of drug-likeness (QED) is 0.502. The molecule has 1 saturated carbocycles. The molecule has 31 heavy (non-hydrogen) atoms. The first-order valence-corrected chi connectivity index (χ1v) is 9.99. The zero-order valence-corrected chi connectivity index (χ0v) is 16.7. The zero-order valence-electron chi connectivity index (χ0n) is 16.7. The minimum atomic E-state index is -4.37. The van der Waals surface area contributed by atoms with Crippen LogP contribution in [0.15, 0.2) is 73.1 Å². The fourth-order valence-corrected chi connectivity index (χ4v) is 3.26. The predicted molar refractivity (Wildman–Crippen MR) is 109 cm³/mol. The Morgan fingerprint density at radius 1 is 1.00 bits per heavy atom. The largest absolute Gasteiger partial charge is 0.489 e. The van der Waals surface area contributed by atoms with Gasteiger partial charge in [0.15, 0.2) is 0 Å². The Bertz CT molecular complexity index is 1020. The average Bonchev–Trinajstić information content (AvgIpc) is 3.62. The number of halogens is 3. The molecule has 0 spiro atoms. The van der Waals surface area contributed by atoms with E-state index in [0.717, 1.165) is 30.5 Å². The van der Waals surface area contributed by atoms with Gasteiger partial charge in [0, 0.05) is 36.1 Å². The number of rotatable bonds is 7. The van der Waals surface area contributed by atoms with Crippen molar-refractivity contribution in [1.29, 1.82) is 0 Å². The molecule has 160 valence electrons. The highest BCUT2D eigenvalue weighted by Crippen LogP contribution is 2.32. The van der Waals surface area contributed by atoms with E-state index in [9.17, 15) is 18.0 Å². The molecule has 0 unspecified atom stereocenters. The summed E-state index contributed by atoms with van der Waals surface area (Å²) in [5, 5.41) is 0. The third-order valence-electron chi connectivity index (χ3n) is 5.11. The molecule has 0 atom stereocenters. The molecule has 0 N–H and O–H groups in total. The van der Waals surface area contributed by atoms with Gasteiger partial charge in [-0.1, -0.05) is 18.2 Å². The van der Waals surface area contributed by atoms with E-state index in [0.29, 0.717) is 23.5 Å². The van der Waals surface area contributed by atoms with Crippen LogP contribution in [0.25, 0.3) is 0 Å². The Balaban J connectivity index is 1.41. The minimum absolute atomic E-state index is 0.122. The van der Waals surface area contributed by atoms with E-state index in [4.69, 9.17) is 4.74 Å². The van der Waals surface area contributed by atoms with E-state index >= 15 is 0 Å². The molecular formula is C24H21F3N2O2. The van der Waals surface area contributed by atoms with Gasteiger partial charge in [-0.15, -0.1) is 0 Å². The van der Waals surface area contributed by atoms with Gasteiger partial charge < -0.3 is 9.64 Å². The standard InChI is InChI=1S/C24H21F3N2O2/c25-24(26,27)20-7-3-17(4-8-20)15-29(21-9-10-21)23(30)19-5-11-22(12-6-19)31-16-18-2-1-13-28-14-18/h1-8,11-14,21H,9-10,15-16H2. The van der Waals surface area contributed by atoms with Gasteiger partial charge in [0.1, 0.15) is 12.4 Å². The molecule has 2 aromatic carbocycles. The van der Waals surface area contributed by atoms with Crippen LogP contribution in [0.2, 0.25) is 0 Å². The van der Waals surface area contributed by atoms with Crippen molar-refractivity contribution in [3.05, 3.63) is 95.3 Å². The number of alkyl halides is 3. The van der Waals surface area contributed by atoms with Gasteiger partial charge in [-0.05, 0) is 60.9 Å². The van der Waals surface area contributed by atoms with Crippen molar-refractivity contribution in [2.75, 3.05) is 0 Å². The second-order valence-corrected chi connectivity index (χ2v) is 7.53. The van der Waals surface area contributed by atoms with Gasteiger partial charge in [-0.25, -0.2) is 0 Å². The lowest BCUT2D eigenvalue weighted by Gasteiger charge is -2.23. The first-order valence-electron chi connectivity index (χ1n) is 9.99. The summed E-state index contributed by atoms with van der Waals surface area (Å²) in [7, 11) is 0. The number of carbonyl (C=O) groups excluding carboxylic acids is 1. The molecule has 4 nitrogen and oxygen atoms in total. The Labute approximate surface area is 178 Å². The summed E-state index contributed by atoms with van der Waals surface area (Å²) in [6.07, 6.45) is 0.857. The van der Waals surface area contributed by atoms with Crippen molar-refractivity contribution in [3.63, 3.8) is 0 Å². The van der Waals surface area contributed by atoms with Gasteiger partial charge in [-0.2, -0.15) is 13.2 Å². The van der Waals surface area contributed by atoms with E-state index in [-0.39, 0.29) is 18.5 Å². The number of hydrogen-bond donors (Lipinski definition) is 0. The molecule has 0 aliphatic heterocycles. The van der Waals surface area contributed by atoms with Crippen LogP contribution in [0, 0.1) is 0 Å². The lowest BCUT2D eigenvalue weighted by Crippen LogP contribution is -2.32. The van der Waals surface area contributed by atoms with Crippen LogP contribution in [-0.4, -0.2) is 21.8 Å². The molecule has 1 aliphatic carbocycles. The van der Waals surface area contributed by atoms with Crippen molar-refractivity contribution in [2.45, 2.75) is 38.2 Å². The van der Waals surface area contributed by atoms with Gasteiger partial charge >= 0.3 is 6.18 Å². The predicted octanol–water partition coefficient (Wildman–Crippen LogP) is 5.48. The molecular weight excluding hydrogens is 405 g/mol. The van der Waals surface area contributed by atoms with Crippen LogP contribution in [0.1, 0.15) is 39.9 Å². The number of aromatic nitrogens is 1. The highest BCUT2D eigenvalue weighted by atomic mass is 19.4. The van der Waals surface area contributed by atoms with E-state index < -0.39 is 11.7 Å². The van der Waals surface area contributed by atoms with E-state index in [1.54, 1.807) is 41.6 Å². The Morgan fingerprint density at radius 3 is 2.29 bits per heavy atom. The van der Waals surface area contributed by atoms with Crippen LogP contribution in [0.4, 0.5) is 13.2 Å². The lowest BCUT2D eigenvalue weighted by atomic mass is 10.1. The Hall–Kier alpha value is -3.35. The number of carbonyl (C=O) groups is 1. The summed E-state index contributed by atoms with van der Waals surface area (Å²) < 4.78 is 44.1. The van der Waals surface area contributed by atoms with Crippen LogP contribution < -0.4 is 4.74 Å². The summed E-state index contributed by atoms with van der Waals surface area (Å²) in [5.74, 6) is 0.502. The number of pyridine rings is 1. The van der Waals surface area contributed by atoms with Crippen molar-refractivity contribution < 1.29 is 22.7 Å². The van der Waals surface area contributed by atoms with Crippen LogP contribution in [-0.2, 0) is 19.3 Å². The molecule has 1 aliphatic rings. The normalized spacial score (nSPS) is 13.6. The molecule has 1 heterocycles. The Morgan fingerprint density at radius 2 is 1.71 bits per heavy atom. The third-order valence-corrected chi connectivity index (χ3v) is 5.11. The molecule has 4 rings (SSSR count). The second kappa shape index (κ2) is 8.79. The summed E-state index contributed by atoms with van der Waals surface area (Å²) in [5.41, 5.74) is 1.44. The molecule has 1 aromatic heterocycles. The van der Waals surface area contributed by atoms with Crippen molar-refractivity contribution in [1.82, 2.24) is 9.88 Å². The second-order valence-electron chi connectivity index (χ2n) is 7.53. The number of nitrogens with zero attached hydrogens (tertiary/aromatic N) is 2. The van der Waals surface area contributed by atoms with Gasteiger partial charge in [0.25, 0.3) is 5.91 Å². The molecule has 3 aromatic rings. The average molecular weight is 426 g/mol. The smallest absolute Gasteiger partial charge is 0.416 e. The number of amides is 1. The van der Waals surface area contributed by atoms with E-state index in [1.807, 2.05) is 12.1 Å². The molecule has 0 bridgehead atoms. The van der Waals surface area contributed by atoms with E-state index in [2.05, 4.69) is 4.98 Å². The summed E-state index contributed by atoms with van der Waals surface area (Å²) in [6.45, 7) is 0.657. The highest BCUT2D eigenvalue weighted by molar-refractivity contribution is 5.94. The number of hydrogen-bond acceptors (Lipinski definition) is 3. The SMILES string of the molecule is O=C(c1ccc(OCc2cccnc2)cc1)N(Cc1ccc(C(F)(F)F)cc1)C1CC1. The van der Waals surface area contributed by atoms with Gasteiger partial charge in [0.05, 0.1) is 5.56 Å². The lowest BCUT2D eigenvalue weighted by molar-refractivity contribution is -0.137. The van der Waals surface area contributed by atoms with Crippen molar-refractivity contribution >= 4 is 5.91 Å². The first kappa shape index (κ1) is 20.9. The maximum atomic E-state index is 13.0. The summed E-state index contributed by atoms with van der Waals surface area (Å²) >= 11 is 0. The highest BCUT2D eigenvalue weighted by Gasteiger charge is 2.34. The number of ether oxygens (including phenoxy) is 1. The van der Waals surface area contributed by atoms with E-state index in [1.165, 1.54) is 12.1 Å². The first-order chi connectivity index (χ1) is 14.9. The number of benzene rings is 2. The van der Waals surface area contributed by atoms with Crippen molar-refractivity contribution in [3.8, 4) is 5.75 Å². The monoisotopic (exact) mass is 426 g/mol. The topological polar surface area (TPSA) is 42.4 Å². The van der Waals surface area contributed by atoms with Crippen molar-refractivity contribution in [2.24, 2.45) is 0 Å². The maximum Gasteiger partial charge on any atom is 0.416 e. The van der Waals surface area contributed by atoms with Gasteiger partial charge in [0.2, 0.25) is 0 Å². The zero-order chi connectivity index (χ0) is 21.8. The van der Waals surface area contributed by atoms with Crippen LogP contribution in [0.3, 0.4) is 0 Å². The summed E-state index contributed by atoms with van der Waals surface area (Å²) in [4.78, 5) is 18.8. The summed E-state index contributed by atoms with van der Waals surface area (Å²) in [6, 6.07) is 15.8. The van der Waals surface area contributed by atoms with Crippen LogP contribution in [0.5, 0.6) is 5.75 Å². The van der Waals surface area contributed by atoms with Gasteiger partial charge in [-0.3, -0.25) is 9.78 Å². The molecule has 1 fully saturated rings. The Kier molecular flexibility index (Phi) is 5.93. The third kappa shape index (κ3) is 5.42. The molecule has 0 radical (unpaired) electrons. The minimum Gasteiger partial charge on any atom is -0.489 e. The molecule has 7 heteroatoms.